The fraction of sp³-hybridized carbons (Fsp3) is 0.143. The van der Waals surface area contributed by atoms with E-state index >= 15 is 0 Å². The average Bonchev–Trinajstić information content (AvgIpc) is 2.46. The molecule has 0 radical (unpaired) electrons. The highest BCUT2D eigenvalue weighted by atomic mass is 79.9. The van der Waals surface area contributed by atoms with Gasteiger partial charge in [-0.2, -0.15) is 0 Å². The van der Waals surface area contributed by atoms with E-state index in [9.17, 15) is 0 Å². The first-order valence-corrected chi connectivity index (χ1v) is 7.35. The number of anilines is 1. The molecule has 0 heterocycles. The number of ether oxygens (including phenoxy) is 3. The minimum Gasteiger partial charge on any atom is -0.493 e. The number of benzene rings is 2. The van der Waals surface area contributed by atoms with Crippen LogP contribution in [0, 0.1) is 0 Å². The van der Waals surface area contributed by atoms with Crippen LogP contribution in [0.5, 0.6) is 23.0 Å². The Balaban J connectivity index is 2.42. The fourth-order valence-electron chi connectivity index (χ4n) is 1.67. The van der Waals surface area contributed by atoms with E-state index in [0.717, 1.165) is 0 Å². The van der Waals surface area contributed by atoms with Crippen LogP contribution < -0.4 is 19.9 Å². The molecule has 2 aromatic rings. The molecule has 7 heteroatoms. The van der Waals surface area contributed by atoms with Crippen LogP contribution in [0.1, 0.15) is 0 Å². The van der Waals surface area contributed by atoms with Gasteiger partial charge in [-0.15, -0.1) is 0 Å². The molecule has 0 amide bonds. The standard InChI is InChI=1S/C14H12BrCl2NO3/c1-19-13-5-10(18)12(6-14(13)20-2)21-11-4-8(16)7(15)3-9(11)17/h3-6H,18H2,1-2H3. The zero-order valence-corrected chi connectivity index (χ0v) is 14.3. The summed E-state index contributed by atoms with van der Waals surface area (Å²) < 4.78 is 16.8. The summed E-state index contributed by atoms with van der Waals surface area (Å²) in [5.74, 6) is 1.81. The van der Waals surface area contributed by atoms with Crippen molar-refractivity contribution in [2.45, 2.75) is 0 Å². The van der Waals surface area contributed by atoms with Crippen molar-refractivity contribution in [3.8, 4) is 23.0 Å². The smallest absolute Gasteiger partial charge is 0.164 e. The molecule has 0 aliphatic heterocycles. The molecule has 0 aliphatic rings. The van der Waals surface area contributed by atoms with Crippen LogP contribution in [0.15, 0.2) is 28.7 Å². The van der Waals surface area contributed by atoms with Crippen LogP contribution in [0.2, 0.25) is 10.0 Å². The van der Waals surface area contributed by atoms with E-state index in [2.05, 4.69) is 15.9 Å². The quantitative estimate of drug-likeness (QED) is 0.577. The van der Waals surface area contributed by atoms with Gasteiger partial charge in [0.05, 0.1) is 30.0 Å². The van der Waals surface area contributed by atoms with Crippen molar-refractivity contribution < 1.29 is 14.2 Å². The topological polar surface area (TPSA) is 53.7 Å². The van der Waals surface area contributed by atoms with Crippen LogP contribution >= 0.6 is 39.1 Å². The minimum absolute atomic E-state index is 0.391. The third-order valence-corrected chi connectivity index (χ3v) is 4.20. The lowest BCUT2D eigenvalue weighted by molar-refractivity contribution is 0.352. The van der Waals surface area contributed by atoms with Gasteiger partial charge in [0.1, 0.15) is 5.75 Å². The average molecular weight is 393 g/mol. The van der Waals surface area contributed by atoms with Gasteiger partial charge in [0, 0.05) is 22.7 Å². The number of rotatable bonds is 4. The second-order valence-corrected chi connectivity index (χ2v) is 5.71. The number of hydrogen-bond donors (Lipinski definition) is 1. The molecule has 2 N–H and O–H groups in total. The minimum atomic E-state index is 0.391. The fourth-order valence-corrected chi connectivity index (χ4v) is 2.50. The van der Waals surface area contributed by atoms with Crippen molar-refractivity contribution in [1.29, 1.82) is 0 Å². The Morgan fingerprint density at radius 1 is 0.857 bits per heavy atom. The highest BCUT2D eigenvalue weighted by Gasteiger charge is 2.13. The molecule has 0 atom stereocenters. The lowest BCUT2D eigenvalue weighted by Crippen LogP contribution is -1.97. The van der Waals surface area contributed by atoms with E-state index in [1.807, 2.05) is 0 Å². The molecule has 0 bridgehead atoms. The summed E-state index contributed by atoms with van der Waals surface area (Å²) >= 11 is 15.5. The number of nitrogens with two attached hydrogens (primary N) is 1. The first-order valence-electron chi connectivity index (χ1n) is 5.80. The van der Waals surface area contributed by atoms with Crippen molar-refractivity contribution >= 4 is 44.8 Å². The number of hydrogen-bond acceptors (Lipinski definition) is 4. The molecule has 0 unspecified atom stereocenters. The first-order chi connectivity index (χ1) is 9.96. The highest BCUT2D eigenvalue weighted by molar-refractivity contribution is 9.10. The molecular formula is C14H12BrCl2NO3. The zero-order valence-electron chi connectivity index (χ0n) is 11.2. The lowest BCUT2D eigenvalue weighted by Gasteiger charge is -2.14. The van der Waals surface area contributed by atoms with Gasteiger partial charge in [0.25, 0.3) is 0 Å². The highest BCUT2D eigenvalue weighted by Crippen LogP contribution is 2.41. The predicted octanol–water partition coefficient (Wildman–Crippen LogP) is 5.15. The van der Waals surface area contributed by atoms with Crippen LogP contribution in [0.3, 0.4) is 0 Å². The van der Waals surface area contributed by atoms with E-state index in [4.69, 9.17) is 43.1 Å². The van der Waals surface area contributed by atoms with E-state index in [1.54, 1.807) is 24.3 Å². The van der Waals surface area contributed by atoms with Crippen LogP contribution in [-0.4, -0.2) is 14.2 Å². The molecule has 0 fully saturated rings. The monoisotopic (exact) mass is 391 g/mol. The summed E-state index contributed by atoms with van der Waals surface area (Å²) in [6.45, 7) is 0. The zero-order chi connectivity index (χ0) is 15.6. The maximum Gasteiger partial charge on any atom is 0.164 e. The Bertz CT molecular complexity index is 680. The molecule has 0 aromatic heterocycles. The maximum atomic E-state index is 6.13. The Kier molecular flexibility index (Phi) is 5.08. The molecule has 0 saturated heterocycles. The lowest BCUT2D eigenvalue weighted by atomic mass is 10.2. The Morgan fingerprint density at radius 3 is 2.10 bits per heavy atom. The predicted molar refractivity (Wildman–Crippen MR) is 88.2 cm³/mol. The molecular weight excluding hydrogens is 381 g/mol. The third-order valence-electron chi connectivity index (χ3n) is 2.71. The van der Waals surface area contributed by atoms with Crippen molar-refractivity contribution in [1.82, 2.24) is 0 Å². The molecule has 2 rings (SSSR count). The Hall–Kier alpha value is -1.30. The molecule has 0 saturated carbocycles. The number of methoxy groups -OCH3 is 2. The summed E-state index contributed by atoms with van der Waals surface area (Å²) in [5, 5.41) is 0.883. The molecule has 0 spiro atoms. The molecule has 0 aliphatic carbocycles. The summed E-state index contributed by atoms with van der Waals surface area (Å²) in [6.07, 6.45) is 0. The first kappa shape index (κ1) is 16.1. The van der Waals surface area contributed by atoms with E-state index in [-0.39, 0.29) is 0 Å². The van der Waals surface area contributed by atoms with Gasteiger partial charge in [-0.1, -0.05) is 23.2 Å². The summed E-state index contributed by atoms with van der Waals surface area (Å²) in [4.78, 5) is 0. The summed E-state index contributed by atoms with van der Waals surface area (Å²) in [7, 11) is 3.06. The van der Waals surface area contributed by atoms with Crippen LogP contribution in [0.4, 0.5) is 5.69 Å². The van der Waals surface area contributed by atoms with Gasteiger partial charge in [-0.3, -0.25) is 0 Å². The van der Waals surface area contributed by atoms with Gasteiger partial charge in [0.2, 0.25) is 0 Å². The van der Waals surface area contributed by atoms with Crippen molar-refractivity contribution in [2.75, 3.05) is 20.0 Å². The molecule has 112 valence electrons. The maximum absolute atomic E-state index is 6.13. The molecule has 4 nitrogen and oxygen atoms in total. The second kappa shape index (κ2) is 6.64. The van der Waals surface area contributed by atoms with Gasteiger partial charge in [-0.25, -0.2) is 0 Å². The van der Waals surface area contributed by atoms with Crippen molar-refractivity contribution in [3.63, 3.8) is 0 Å². The molecule has 21 heavy (non-hydrogen) atoms. The summed E-state index contributed by atoms with van der Waals surface area (Å²) in [6, 6.07) is 6.49. The van der Waals surface area contributed by atoms with Crippen molar-refractivity contribution in [3.05, 3.63) is 38.8 Å². The third kappa shape index (κ3) is 3.48. The van der Waals surface area contributed by atoms with E-state index in [0.29, 0.717) is 43.2 Å². The van der Waals surface area contributed by atoms with Gasteiger partial charge in [0.15, 0.2) is 17.2 Å². The van der Waals surface area contributed by atoms with Crippen molar-refractivity contribution in [2.24, 2.45) is 0 Å². The molecule has 2 aromatic carbocycles. The second-order valence-electron chi connectivity index (χ2n) is 4.04. The van der Waals surface area contributed by atoms with Gasteiger partial charge in [-0.05, 0) is 22.0 Å². The van der Waals surface area contributed by atoms with Gasteiger partial charge >= 0.3 is 0 Å². The van der Waals surface area contributed by atoms with Gasteiger partial charge < -0.3 is 19.9 Å². The number of nitrogen functional groups attached to an aromatic ring is 1. The van der Waals surface area contributed by atoms with E-state index < -0.39 is 0 Å². The Morgan fingerprint density at radius 2 is 1.48 bits per heavy atom. The largest absolute Gasteiger partial charge is 0.493 e. The summed E-state index contributed by atoms with van der Waals surface area (Å²) in [5.41, 5.74) is 6.33. The van der Waals surface area contributed by atoms with E-state index in [1.165, 1.54) is 14.2 Å². The Labute approximate surface area is 140 Å². The van der Waals surface area contributed by atoms with Crippen LogP contribution in [-0.2, 0) is 0 Å². The normalized spacial score (nSPS) is 10.3. The SMILES string of the molecule is COc1cc(N)c(Oc2cc(Cl)c(Br)cc2Cl)cc1OC. The number of halogens is 3. The van der Waals surface area contributed by atoms with Crippen LogP contribution in [0.25, 0.3) is 0 Å².